The maximum absolute atomic E-state index is 6.48. The van der Waals surface area contributed by atoms with Gasteiger partial charge in [0, 0.05) is 29.9 Å². The molecule has 0 N–H and O–H groups in total. The zero-order chi connectivity index (χ0) is 13.4. The van der Waals surface area contributed by atoms with Crippen molar-refractivity contribution >= 4 is 28.2 Å². The summed E-state index contributed by atoms with van der Waals surface area (Å²) in [4.78, 5) is 7.07. The molecule has 1 aliphatic rings. The van der Waals surface area contributed by atoms with Crippen LogP contribution in [0.25, 0.3) is 10.9 Å². The minimum Gasteiger partial charge on any atom is -0.372 e. The highest BCUT2D eigenvalue weighted by Gasteiger charge is 2.13. The Labute approximate surface area is 119 Å². The average Bonchev–Trinajstić information content (AvgIpc) is 2.46. The summed E-state index contributed by atoms with van der Waals surface area (Å²) < 4.78 is 0. The van der Waals surface area contributed by atoms with E-state index in [0.29, 0.717) is 0 Å². The molecule has 0 bridgehead atoms. The zero-order valence-electron chi connectivity index (χ0n) is 11.5. The summed E-state index contributed by atoms with van der Waals surface area (Å²) in [6, 6.07) is 6.46. The highest BCUT2D eigenvalue weighted by molar-refractivity contribution is 6.36. The fourth-order valence-corrected chi connectivity index (χ4v) is 3.06. The van der Waals surface area contributed by atoms with Crippen LogP contribution in [0.3, 0.4) is 0 Å². The molecule has 0 saturated carbocycles. The van der Waals surface area contributed by atoms with Crippen LogP contribution in [0.1, 0.15) is 30.5 Å². The smallest absolute Gasteiger partial charge is 0.0721 e. The second kappa shape index (κ2) is 5.01. The van der Waals surface area contributed by atoms with Crippen LogP contribution in [0.15, 0.2) is 18.2 Å². The molecular weight excluding hydrogens is 256 g/mol. The average molecular weight is 275 g/mol. The third kappa shape index (κ3) is 2.30. The quantitative estimate of drug-likeness (QED) is 0.761. The predicted octanol–water partition coefficient (Wildman–Crippen LogP) is 4.50. The number of aryl methyl sites for hydroxylation is 1. The van der Waals surface area contributed by atoms with Crippen molar-refractivity contribution in [1.82, 2.24) is 4.98 Å². The van der Waals surface area contributed by atoms with Crippen molar-refractivity contribution in [3.05, 3.63) is 34.5 Å². The first-order valence-electron chi connectivity index (χ1n) is 6.98. The van der Waals surface area contributed by atoms with Gasteiger partial charge in [-0.15, -0.1) is 0 Å². The minimum atomic E-state index is 0.848. The molecule has 1 fully saturated rings. The van der Waals surface area contributed by atoms with Crippen molar-refractivity contribution in [3.8, 4) is 0 Å². The van der Waals surface area contributed by atoms with Gasteiger partial charge in [-0.2, -0.15) is 0 Å². The molecule has 0 atom stereocenters. The molecule has 1 aliphatic heterocycles. The highest BCUT2D eigenvalue weighted by Crippen LogP contribution is 2.31. The summed E-state index contributed by atoms with van der Waals surface area (Å²) >= 11 is 6.48. The number of halogens is 1. The van der Waals surface area contributed by atoms with E-state index in [-0.39, 0.29) is 0 Å². The topological polar surface area (TPSA) is 16.1 Å². The Morgan fingerprint density at radius 2 is 1.84 bits per heavy atom. The number of fused-ring (bicyclic) bond motifs is 1. The maximum atomic E-state index is 6.48. The Morgan fingerprint density at radius 1 is 1.11 bits per heavy atom. The van der Waals surface area contributed by atoms with Gasteiger partial charge in [0.05, 0.1) is 10.5 Å². The van der Waals surface area contributed by atoms with Gasteiger partial charge < -0.3 is 4.90 Å². The van der Waals surface area contributed by atoms with Crippen LogP contribution in [0.2, 0.25) is 5.02 Å². The lowest BCUT2D eigenvalue weighted by Crippen LogP contribution is -2.29. The Kier molecular flexibility index (Phi) is 3.36. The molecule has 2 aromatic rings. The van der Waals surface area contributed by atoms with Crippen molar-refractivity contribution in [3.63, 3.8) is 0 Å². The number of pyridine rings is 1. The molecule has 3 heteroatoms. The van der Waals surface area contributed by atoms with Crippen LogP contribution < -0.4 is 4.90 Å². The first-order valence-corrected chi connectivity index (χ1v) is 7.36. The van der Waals surface area contributed by atoms with Gasteiger partial charge in [0.15, 0.2) is 0 Å². The number of nitrogens with zero attached hydrogens (tertiary/aromatic N) is 2. The number of piperidine rings is 1. The zero-order valence-corrected chi connectivity index (χ0v) is 12.3. The third-order valence-corrected chi connectivity index (χ3v) is 4.58. The first kappa shape index (κ1) is 12.7. The fourth-order valence-electron chi connectivity index (χ4n) is 2.77. The lowest BCUT2D eigenvalue weighted by molar-refractivity contribution is 0.578. The first-order chi connectivity index (χ1) is 9.16. The Bertz CT molecular complexity index is 616. The van der Waals surface area contributed by atoms with Crippen molar-refractivity contribution < 1.29 is 0 Å². The standard InChI is InChI=1S/C16H19ClN2/c1-11-12(2)18-15-7-6-13(10-14(15)16(11)17)19-8-4-3-5-9-19/h6-7,10H,3-5,8-9H2,1-2H3. The largest absolute Gasteiger partial charge is 0.372 e. The van der Waals surface area contributed by atoms with Gasteiger partial charge in [0.25, 0.3) is 0 Å². The highest BCUT2D eigenvalue weighted by atomic mass is 35.5. The maximum Gasteiger partial charge on any atom is 0.0721 e. The van der Waals surface area contributed by atoms with Crippen molar-refractivity contribution in [2.75, 3.05) is 18.0 Å². The van der Waals surface area contributed by atoms with Crippen LogP contribution in [0.5, 0.6) is 0 Å². The minimum absolute atomic E-state index is 0.848. The van der Waals surface area contributed by atoms with Gasteiger partial charge >= 0.3 is 0 Å². The third-order valence-electron chi connectivity index (χ3n) is 4.10. The van der Waals surface area contributed by atoms with Gasteiger partial charge in [0.2, 0.25) is 0 Å². The molecule has 3 rings (SSSR count). The van der Waals surface area contributed by atoms with Gasteiger partial charge in [-0.25, -0.2) is 0 Å². The Hall–Kier alpha value is -1.28. The van der Waals surface area contributed by atoms with Crippen LogP contribution in [-0.2, 0) is 0 Å². The van der Waals surface area contributed by atoms with E-state index in [9.17, 15) is 0 Å². The summed E-state index contributed by atoms with van der Waals surface area (Å²) in [7, 11) is 0. The summed E-state index contributed by atoms with van der Waals surface area (Å²) in [5.41, 5.74) is 4.38. The molecule has 1 aromatic carbocycles. The molecule has 0 spiro atoms. The van der Waals surface area contributed by atoms with E-state index < -0.39 is 0 Å². The van der Waals surface area contributed by atoms with Crippen LogP contribution in [-0.4, -0.2) is 18.1 Å². The molecule has 2 nitrogen and oxygen atoms in total. The second-order valence-corrected chi connectivity index (χ2v) is 5.76. The van der Waals surface area contributed by atoms with Crippen LogP contribution >= 0.6 is 11.6 Å². The van der Waals surface area contributed by atoms with Crippen molar-refractivity contribution in [2.24, 2.45) is 0 Å². The van der Waals surface area contributed by atoms with E-state index >= 15 is 0 Å². The molecule has 0 amide bonds. The molecule has 0 radical (unpaired) electrons. The summed E-state index contributed by atoms with van der Waals surface area (Å²) in [6.07, 6.45) is 3.93. The molecule has 0 unspecified atom stereocenters. The number of hydrogen-bond acceptors (Lipinski definition) is 2. The molecule has 1 saturated heterocycles. The summed E-state index contributed by atoms with van der Waals surface area (Å²) in [5, 5.41) is 1.93. The van der Waals surface area contributed by atoms with Gasteiger partial charge in [-0.1, -0.05) is 11.6 Å². The van der Waals surface area contributed by atoms with Crippen LogP contribution in [0.4, 0.5) is 5.69 Å². The number of benzene rings is 1. The van der Waals surface area contributed by atoms with Crippen molar-refractivity contribution in [2.45, 2.75) is 33.1 Å². The Balaban J connectivity index is 2.09. The Morgan fingerprint density at radius 3 is 2.58 bits per heavy atom. The van der Waals surface area contributed by atoms with Crippen LogP contribution in [0, 0.1) is 13.8 Å². The molecule has 1 aromatic heterocycles. The van der Waals surface area contributed by atoms with E-state index in [2.05, 4.69) is 28.1 Å². The van der Waals surface area contributed by atoms with Gasteiger partial charge in [0.1, 0.15) is 0 Å². The van der Waals surface area contributed by atoms with Gasteiger partial charge in [-0.3, -0.25) is 4.98 Å². The van der Waals surface area contributed by atoms with E-state index in [4.69, 9.17) is 11.6 Å². The molecular formula is C16H19ClN2. The number of anilines is 1. The normalized spacial score (nSPS) is 16.1. The summed E-state index contributed by atoms with van der Waals surface area (Å²) in [5.74, 6) is 0. The van der Waals surface area contributed by atoms with E-state index in [1.165, 1.54) is 24.9 Å². The summed E-state index contributed by atoms with van der Waals surface area (Å²) in [6.45, 7) is 6.36. The van der Waals surface area contributed by atoms with E-state index in [1.54, 1.807) is 0 Å². The fraction of sp³-hybridized carbons (Fsp3) is 0.438. The lowest BCUT2D eigenvalue weighted by Gasteiger charge is -2.29. The second-order valence-electron chi connectivity index (χ2n) is 5.39. The number of aromatic nitrogens is 1. The number of rotatable bonds is 1. The van der Waals surface area contributed by atoms with E-state index in [0.717, 1.165) is 40.3 Å². The van der Waals surface area contributed by atoms with Crippen molar-refractivity contribution in [1.29, 1.82) is 0 Å². The molecule has 2 heterocycles. The molecule has 19 heavy (non-hydrogen) atoms. The lowest BCUT2D eigenvalue weighted by atomic mass is 10.1. The predicted molar refractivity (Wildman–Crippen MR) is 82.3 cm³/mol. The van der Waals surface area contributed by atoms with Gasteiger partial charge in [-0.05, 0) is 56.9 Å². The molecule has 100 valence electrons. The SMILES string of the molecule is Cc1nc2ccc(N3CCCCC3)cc2c(Cl)c1C. The van der Waals surface area contributed by atoms with E-state index in [1.807, 2.05) is 13.8 Å². The number of hydrogen-bond donors (Lipinski definition) is 0. The monoisotopic (exact) mass is 274 g/mol. The molecule has 0 aliphatic carbocycles.